The Bertz CT molecular complexity index is 235. The molecule has 71 valence electrons. The Morgan fingerprint density at radius 1 is 1.31 bits per heavy atom. The van der Waals surface area contributed by atoms with E-state index in [4.69, 9.17) is 0 Å². The van der Waals surface area contributed by atoms with Crippen LogP contribution in [0.3, 0.4) is 0 Å². The van der Waals surface area contributed by atoms with Crippen LogP contribution in [0.2, 0.25) is 0 Å². The van der Waals surface area contributed by atoms with Gasteiger partial charge in [0.25, 0.3) is 0 Å². The number of rotatable bonds is 4. The van der Waals surface area contributed by atoms with Crippen LogP contribution in [0.5, 0.6) is 0 Å². The van der Waals surface area contributed by atoms with Crippen LogP contribution < -0.4 is 0 Å². The average Bonchev–Trinajstić information content (AvgIpc) is 2.18. The summed E-state index contributed by atoms with van der Waals surface area (Å²) in [6.07, 6.45) is -3.87. The first-order valence-electron chi connectivity index (χ1n) is 4.03. The number of hydrogen-bond donors (Lipinski definition) is 0. The topological polar surface area (TPSA) is 0 Å². The second-order valence-electron chi connectivity index (χ2n) is 2.80. The van der Waals surface area contributed by atoms with E-state index in [2.05, 4.69) is 6.07 Å². The Morgan fingerprint density at radius 2 is 2.08 bits per heavy atom. The zero-order valence-electron chi connectivity index (χ0n) is 7.01. The molecule has 0 fully saturated rings. The molecule has 0 amide bonds. The minimum Gasteiger partial charge on any atom is -0.248 e. The Morgan fingerprint density at radius 3 is 2.62 bits per heavy atom. The lowest BCUT2D eigenvalue weighted by Gasteiger charge is -2.09. The summed E-state index contributed by atoms with van der Waals surface area (Å²) >= 11 is 0. The van der Waals surface area contributed by atoms with Gasteiger partial charge in [-0.1, -0.05) is 24.3 Å². The fraction of sp³-hybridized carbons (Fsp3) is 0.400. The molecule has 13 heavy (non-hydrogen) atoms. The third kappa shape index (κ3) is 3.09. The number of halogens is 3. The van der Waals surface area contributed by atoms with E-state index < -0.39 is 19.0 Å². The lowest BCUT2D eigenvalue weighted by molar-refractivity contribution is 0.137. The van der Waals surface area contributed by atoms with Gasteiger partial charge in [0.1, 0.15) is 12.8 Å². The molecule has 3 heteroatoms. The van der Waals surface area contributed by atoms with E-state index in [0.717, 1.165) is 0 Å². The zero-order chi connectivity index (χ0) is 9.68. The first-order valence-corrected chi connectivity index (χ1v) is 4.03. The van der Waals surface area contributed by atoms with Crippen molar-refractivity contribution in [3.8, 4) is 0 Å². The summed E-state index contributed by atoms with van der Waals surface area (Å²) in [5.74, 6) is 0. The Labute approximate surface area is 75.4 Å². The van der Waals surface area contributed by atoms with Gasteiger partial charge in [0.2, 0.25) is 0 Å². The smallest absolute Gasteiger partial charge is 0.160 e. The Balaban J connectivity index is 2.50. The third-order valence-electron chi connectivity index (χ3n) is 1.74. The van der Waals surface area contributed by atoms with Gasteiger partial charge in [-0.15, -0.1) is 0 Å². The Kier molecular flexibility index (Phi) is 3.80. The maximum Gasteiger partial charge on any atom is 0.160 e. The van der Waals surface area contributed by atoms with Crippen LogP contribution in [-0.2, 0) is 6.42 Å². The predicted molar refractivity (Wildman–Crippen MR) is 44.7 cm³/mol. The monoisotopic (exact) mass is 187 g/mol. The van der Waals surface area contributed by atoms with Gasteiger partial charge in [-0.05, 0) is 11.6 Å². The quantitative estimate of drug-likeness (QED) is 0.679. The lowest BCUT2D eigenvalue weighted by atomic mass is 10.1. The molecule has 0 spiro atoms. The van der Waals surface area contributed by atoms with Gasteiger partial charge in [0.15, 0.2) is 6.17 Å². The summed E-state index contributed by atoms with van der Waals surface area (Å²) in [6.45, 7) is -1.27. The van der Waals surface area contributed by atoms with Gasteiger partial charge in [-0.25, -0.2) is 13.2 Å². The highest BCUT2D eigenvalue weighted by atomic mass is 19.2. The van der Waals surface area contributed by atoms with E-state index in [0.29, 0.717) is 5.56 Å². The Hall–Kier alpha value is -0.990. The van der Waals surface area contributed by atoms with Crippen molar-refractivity contribution in [1.29, 1.82) is 0 Å². The average molecular weight is 187 g/mol. The van der Waals surface area contributed by atoms with Crippen LogP contribution in [-0.4, -0.2) is 19.0 Å². The first kappa shape index (κ1) is 10.1. The van der Waals surface area contributed by atoms with Crippen molar-refractivity contribution < 1.29 is 13.2 Å². The second kappa shape index (κ2) is 4.90. The molecule has 1 rings (SSSR count). The highest BCUT2D eigenvalue weighted by Crippen LogP contribution is 2.11. The van der Waals surface area contributed by atoms with E-state index in [9.17, 15) is 13.2 Å². The van der Waals surface area contributed by atoms with E-state index in [1.807, 2.05) is 0 Å². The molecule has 2 atom stereocenters. The minimum atomic E-state index is -2.01. The van der Waals surface area contributed by atoms with E-state index >= 15 is 0 Å². The van der Waals surface area contributed by atoms with Crippen LogP contribution in [0.4, 0.5) is 13.2 Å². The van der Waals surface area contributed by atoms with E-state index in [-0.39, 0.29) is 6.42 Å². The molecule has 0 aliphatic rings. The summed E-state index contributed by atoms with van der Waals surface area (Å²) in [7, 11) is 0. The van der Waals surface area contributed by atoms with Crippen molar-refractivity contribution in [2.45, 2.75) is 18.8 Å². The van der Waals surface area contributed by atoms with Crippen molar-refractivity contribution in [1.82, 2.24) is 0 Å². The van der Waals surface area contributed by atoms with Gasteiger partial charge in [0, 0.05) is 6.42 Å². The van der Waals surface area contributed by atoms with Crippen molar-refractivity contribution in [2.75, 3.05) is 6.67 Å². The highest BCUT2D eigenvalue weighted by Gasteiger charge is 2.20. The first-order chi connectivity index (χ1) is 6.24. The fourth-order valence-electron chi connectivity index (χ4n) is 1.01. The molecule has 0 aliphatic heterocycles. The molecule has 1 aromatic carbocycles. The number of alkyl halides is 3. The maximum atomic E-state index is 12.9. The summed E-state index contributed by atoms with van der Waals surface area (Å²) in [5, 5.41) is 0. The van der Waals surface area contributed by atoms with Crippen molar-refractivity contribution in [3.63, 3.8) is 0 Å². The lowest BCUT2D eigenvalue weighted by Crippen LogP contribution is -2.21. The molecule has 1 aromatic rings. The molecule has 0 saturated carbocycles. The van der Waals surface area contributed by atoms with Crippen LogP contribution in [0, 0.1) is 6.07 Å². The van der Waals surface area contributed by atoms with Crippen molar-refractivity contribution in [3.05, 3.63) is 35.9 Å². The minimum absolute atomic E-state index is 0.0948. The standard InChI is InChI=1S/C10H10F3/c11-7-10(13)9(12)6-8-4-2-1-3-5-8/h1-2,4-5,9-10H,6-7H2. The summed E-state index contributed by atoms with van der Waals surface area (Å²) in [4.78, 5) is 0. The SMILES string of the molecule is FCC(F)C(F)Cc1c[c]ccc1. The highest BCUT2D eigenvalue weighted by molar-refractivity contribution is 5.14. The van der Waals surface area contributed by atoms with Gasteiger partial charge in [0.05, 0.1) is 0 Å². The molecule has 1 radical (unpaired) electrons. The van der Waals surface area contributed by atoms with Gasteiger partial charge < -0.3 is 0 Å². The molecule has 0 aromatic heterocycles. The summed E-state index contributed by atoms with van der Waals surface area (Å²) in [5.41, 5.74) is 0.631. The molecule has 0 heterocycles. The van der Waals surface area contributed by atoms with Gasteiger partial charge >= 0.3 is 0 Å². The van der Waals surface area contributed by atoms with Gasteiger partial charge in [-0.3, -0.25) is 0 Å². The van der Waals surface area contributed by atoms with Crippen LogP contribution in [0.15, 0.2) is 24.3 Å². The van der Waals surface area contributed by atoms with Crippen LogP contribution in [0.25, 0.3) is 0 Å². The van der Waals surface area contributed by atoms with Gasteiger partial charge in [-0.2, -0.15) is 0 Å². The predicted octanol–water partition coefficient (Wildman–Crippen LogP) is 2.67. The zero-order valence-corrected chi connectivity index (χ0v) is 7.01. The summed E-state index contributed by atoms with van der Waals surface area (Å²) < 4.78 is 37.0. The maximum absolute atomic E-state index is 12.9. The van der Waals surface area contributed by atoms with E-state index in [1.165, 1.54) is 0 Å². The van der Waals surface area contributed by atoms with Crippen molar-refractivity contribution in [2.24, 2.45) is 0 Å². The van der Waals surface area contributed by atoms with Crippen LogP contribution in [0.1, 0.15) is 5.56 Å². The molecule has 0 aliphatic carbocycles. The molecule has 0 bridgehead atoms. The molecule has 0 saturated heterocycles. The van der Waals surface area contributed by atoms with Crippen molar-refractivity contribution >= 4 is 0 Å². The second-order valence-corrected chi connectivity index (χ2v) is 2.80. The molecular weight excluding hydrogens is 177 g/mol. The molecule has 2 unspecified atom stereocenters. The molecular formula is C10H10F3. The third-order valence-corrected chi connectivity index (χ3v) is 1.74. The number of hydrogen-bond acceptors (Lipinski definition) is 0. The summed E-state index contributed by atoms with van der Waals surface area (Å²) in [6, 6.07) is 9.32. The molecule has 0 nitrogen and oxygen atoms in total. The molecule has 0 N–H and O–H groups in total. The normalized spacial score (nSPS) is 15.3. The fourth-order valence-corrected chi connectivity index (χ4v) is 1.01. The largest absolute Gasteiger partial charge is 0.248 e. The van der Waals surface area contributed by atoms with E-state index in [1.54, 1.807) is 24.3 Å². The van der Waals surface area contributed by atoms with Crippen LogP contribution >= 0.6 is 0 Å². The number of benzene rings is 1.